The molecule has 0 rings (SSSR count). The quantitative estimate of drug-likeness (QED) is 0.0262. The Labute approximate surface area is 277 Å². The van der Waals surface area contributed by atoms with Crippen LogP contribution >= 0.6 is 0 Å². The Kier molecular flexibility index (Phi) is 31.2. The number of rotatable bonds is 25. The number of hydrogen-bond donors (Lipinski definition) is 4. The molecule has 0 aromatic carbocycles. The summed E-state index contributed by atoms with van der Waals surface area (Å²) in [4.78, 5) is 12.1. The summed E-state index contributed by atoms with van der Waals surface area (Å²) in [7, 11) is -6.10. The van der Waals surface area contributed by atoms with Gasteiger partial charge in [0.25, 0.3) is 0 Å². The van der Waals surface area contributed by atoms with Gasteiger partial charge in [-0.1, -0.05) is 70.4 Å². The maximum Gasteiger partial charge on any atom is 1.00 e. The van der Waals surface area contributed by atoms with Gasteiger partial charge in [0, 0.05) is 6.42 Å². The van der Waals surface area contributed by atoms with E-state index in [4.69, 9.17) is 4.55 Å². The topological polar surface area (TPSA) is 190 Å². The molecule has 0 aromatic rings. The number of hydrogen-bond acceptors (Lipinski definition) is 9. The van der Waals surface area contributed by atoms with Crippen molar-refractivity contribution in [2.45, 2.75) is 103 Å². The third-order valence-electron chi connectivity index (χ3n) is 6.36. The van der Waals surface area contributed by atoms with E-state index in [9.17, 15) is 36.4 Å². The van der Waals surface area contributed by atoms with Gasteiger partial charge in [0.2, 0.25) is 0 Å². The first-order valence-corrected chi connectivity index (χ1v) is 17.5. The molecule has 0 spiro atoms. The van der Waals surface area contributed by atoms with Gasteiger partial charge in [-0.25, -0.2) is 8.42 Å². The predicted molar refractivity (Wildman–Crippen MR) is 159 cm³/mol. The van der Waals surface area contributed by atoms with Crippen molar-refractivity contribution >= 4 is 26.4 Å². The van der Waals surface area contributed by atoms with Gasteiger partial charge in [-0.15, -0.1) is 0 Å². The molecule has 0 aliphatic rings. The van der Waals surface area contributed by atoms with E-state index < -0.39 is 32.4 Å². The summed E-state index contributed by atoms with van der Waals surface area (Å²) in [6, 6.07) is 0. The Balaban J connectivity index is -0.00000195. The van der Waals surface area contributed by atoms with Crippen LogP contribution in [0.25, 0.3) is 0 Å². The molecule has 246 valence electrons. The molecule has 4 N–H and O–H groups in total. The van der Waals surface area contributed by atoms with Crippen molar-refractivity contribution in [1.82, 2.24) is 5.32 Å². The molecule has 2 atom stereocenters. The van der Waals surface area contributed by atoms with E-state index in [2.05, 4.69) is 28.6 Å². The molecule has 0 bridgehead atoms. The van der Waals surface area contributed by atoms with E-state index in [1.165, 1.54) is 57.8 Å². The molecule has 0 radical (unpaired) electrons. The van der Waals surface area contributed by atoms with Crippen molar-refractivity contribution in [2.75, 3.05) is 46.2 Å². The molecular weight excluding hydrogens is 599 g/mol. The first kappa shape index (κ1) is 46.3. The fourth-order valence-electron chi connectivity index (χ4n) is 4.10. The summed E-state index contributed by atoms with van der Waals surface area (Å²) in [5.41, 5.74) is 0. The van der Waals surface area contributed by atoms with Crippen molar-refractivity contribution in [3.63, 3.8) is 0 Å². The van der Waals surface area contributed by atoms with E-state index in [0.29, 0.717) is 13.0 Å². The molecule has 0 aromatic heterocycles. The number of amides is 1. The van der Waals surface area contributed by atoms with E-state index in [1.807, 2.05) is 0 Å². The SMILES string of the molecule is CCCCCCCCC=CCCCCCCCC(=O)N[CH-]C[N+](C)(CCO)CC(O)CS(=O)(=O)[O-].COS(=O)(=O)O.[Na+]. The van der Waals surface area contributed by atoms with Crippen LogP contribution in [-0.4, -0.2) is 98.8 Å². The summed E-state index contributed by atoms with van der Waals surface area (Å²) in [5, 5.41) is 21.9. The van der Waals surface area contributed by atoms with Crippen molar-refractivity contribution in [3.05, 3.63) is 18.7 Å². The second kappa shape index (κ2) is 28.4. The largest absolute Gasteiger partial charge is 1.00 e. The van der Waals surface area contributed by atoms with Crippen LogP contribution in [0.5, 0.6) is 0 Å². The van der Waals surface area contributed by atoms with Crippen LogP contribution < -0.4 is 34.9 Å². The van der Waals surface area contributed by atoms with Crippen LogP contribution in [0.1, 0.15) is 96.8 Å². The Hall–Kier alpha value is -0.130. The first-order valence-electron chi connectivity index (χ1n) is 14.5. The Morgan fingerprint density at radius 2 is 1.45 bits per heavy atom. The van der Waals surface area contributed by atoms with Crippen LogP contribution in [0.3, 0.4) is 0 Å². The van der Waals surface area contributed by atoms with Crippen LogP contribution in [-0.2, 0) is 29.5 Å². The molecule has 0 saturated carbocycles. The monoisotopic (exact) mass is 654 g/mol. The van der Waals surface area contributed by atoms with Crippen LogP contribution in [0.4, 0.5) is 0 Å². The van der Waals surface area contributed by atoms with Gasteiger partial charge in [-0.2, -0.15) is 15.0 Å². The normalized spacial score (nSPS) is 14.0. The fourth-order valence-corrected chi connectivity index (χ4v) is 4.68. The summed E-state index contributed by atoms with van der Waals surface area (Å²) in [6.45, 7) is 4.21. The summed E-state index contributed by atoms with van der Waals surface area (Å²) in [5.74, 6) is -0.949. The molecule has 0 heterocycles. The molecule has 0 aliphatic carbocycles. The minimum atomic E-state index is -4.53. The van der Waals surface area contributed by atoms with E-state index in [-0.39, 0.29) is 59.6 Å². The predicted octanol–water partition coefficient (Wildman–Crippen LogP) is 0.0865. The number of allylic oxidation sites excluding steroid dienone is 2. The van der Waals surface area contributed by atoms with Gasteiger partial charge in [0.05, 0.1) is 36.6 Å². The minimum Gasteiger partial charge on any atom is -0.748 e. The molecule has 0 aliphatic heterocycles. The number of unbranched alkanes of at least 4 members (excludes halogenated alkanes) is 11. The van der Waals surface area contributed by atoms with Crippen molar-refractivity contribution in [2.24, 2.45) is 0 Å². The van der Waals surface area contributed by atoms with E-state index in [0.717, 1.165) is 32.8 Å². The number of nitrogens with one attached hydrogen (secondary N) is 1. The third-order valence-corrected chi connectivity index (χ3v) is 7.57. The zero-order valence-corrected chi connectivity index (χ0v) is 29.8. The maximum atomic E-state index is 12.1. The molecular formula is C27H55N2NaO10S2. The zero-order chi connectivity index (χ0) is 31.6. The van der Waals surface area contributed by atoms with Crippen LogP contribution in [0.15, 0.2) is 12.2 Å². The van der Waals surface area contributed by atoms with Crippen LogP contribution in [0.2, 0.25) is 0 Å². The molecule has 1 amide bonds. The van der Waals surface area contributed by atoms with Gasteiger partial charge in [-0.3, -0.25) is 13.5 Å². The second-order valence-corrected chi connectivity index (χ2v) is 13.1. The zero-order valence-electron chi connectivity index (χ0n) is 26.2. The Morgan fingerprint density at radius 1 is 0.976 bits per heavy atom. The van der Waals surface area contributed by atoms with Gasteiger partial charge in [-0.05, 0) is 38.6 Å². The molecule has 12 nitrogen and oxygen atoms in total. The number of likely N-dealkylation sites (N-methyl/N-ethyl adjacent to an activating group) is 1. The average Bonchev–Trinajstić information content (AvgIpc) is 2.85. The smallest absolute Gasteiger partial charge is 0.748 e. The van der Waals surface area contributed by atoms with Crippen molar-refractivity contribution in [1.29, 1.82) is 0 Å². The van der Waals surface area contributed by atoms with E-state index in [1.54, 1.807) is 13.6 Å². The second-order valence-electron chi connectivity index (χ2n) is 10.5. The minimum absolute atomic E-state index is 0. The van der Waals surface area contributed by atoms with Gasteiger partial charge < -0.3 is 24.6 Å². The summed E-state index contributed by atoms with van der Waals surface area (Å²) >= 11 is 0. The molecule has 2 unspecified atom stereocenters. The van der Waals surface area contributed by atoms with Gasteiger partial charge in [0.15, 0.2) is 5.91 Å². The number of quaternary nitrogens is 1. The Morgan fingerprint density at radius 3 is 1.90 bits per heavy atom. The van der Waals surface area contributed by atoms with E-state index >= 15 is 0 Å². The third kappa shape index (κ3) is 36.1. The van der Waals surface area contributed by atoms with Gasteiger partial charge >= 0.3 is 40.0 Å². The number of nitrogens with zero attached hydrogens (tertiary/aromatic N) is 1. The fraction of sp³-hybridized carbons (Fsp3) is 0.852. The number of carbonyl (C=O) groups is 1. The summed E-state index contributed by atoms with van der Waals surface area (Å²) < 4.78 is 62.3. The number of carbonyl (C=O) groups excluding carboxylic acids is 1. The summed E-state index contributed by atoms with van der Waals surface area (Å²) in [6.07, 6.45) is 19.4. The Bertz CT molecular complexity index is 889. The standard InChI is InChI=1S/C26H52N2O6S.CH4O4S.Na/c1-3-4-5-6-7-8-9-10-11-12-13-14-15-16-17-18-26(31)27-19-20-28(2,21-22-29)23-25(30)24-35(32,33)34;1-5-6(2,3)4;/h10-11,19,25,29-30H,3-9,12-18,20-24H2,1-2H3,(H,27,31)(H,32,33,34);1H3,(H,2,3,4);/q;;+1/p-1. The number of aliphatic hydroxyl groups excluding tert-OH is 2. The molecule has 42 heavy (non-hydrogen) atoms. The van der Waals surface area contributed by atoms with Crippen molar-refractivity contribution < 1.29 is 79.2 Å². The number of aliphatic hydroxyl groups is 2. The molecule has 0 saturated heterocycles. The average molecular weight is 655 g/mol. The molecule has 0 fully saturated rings. The van der Waals surface area contributed by atoms with Gasteiger partial charge in [0.1, 0.15) is 19.2 Å². The first-order chi connectivity index (χ1) is 19.2. The van der Waals surface area contributed by atoms with Crippen molar-refractivity contribution in [3.8, 4) is 0 Å². The maximum absolute atomic E-state index is 12.1. The van der Waals surface area contributed by atoms with Crippen LogP contribution in [0, 0.1) is 6.54 Å². The molecule has 15 heteroatoms.